The minimum atomic E-state index is -0.566. The Bertz CT molecular complexity index is 1750. The van der Waals surface area contributed by atoms with E-state index in [0.29, 0.717) is 24.4 Å². The molecule has 2 amide bonds. The molecule has 0 aromatic heterocycles. The van der Waals surface area contributed by atoms with Crippen molar-refractivity contribution in [3.05, 3.63) is 150 Å². The number of amides is 2. The van der Waals surface area contributed by atoms with E-state index in [0.717, 1.165) is 44.4 Å². The van der Waals surface area contributed by atoms with Crippen LogP contribution >= 0.6 is 11.8 Å². The topological polar surface area (TPSA) is 98.3 Å². The van der Waals surface area contributed by atoms with Gasteiger partial charge in [-0.25, -0.2) is 4.79 Å². The van der Waals surface area contributed by atoms with E-state index in [1.54, 1.807) is 31.0 Å². The zero-order valence-corrected chi connectivity index (χ0v) is 27.4. The van der Waals surface area contributed by atoms with E-state index >= 15 is 0 Å². The number of rotatable bonds is 12. The molecule has 1 saturated heterocycles. The quantitative estimate of drug-likeness (QED) is 0.115. The van der Waals surface area contributed by atoms with E-state index in [1.165, 1.54) is 0 Å². The van der Waals surface area contributed by atoms with Crippen molar-refractivity contribution in [3.63, 3.8) is 0 Å². The maximum absolute atomic E-state index is 12.6. The molecule has 246 valence electrons. The fourth-order valence-electron chi connectivity index (χ4n) is 5.32. The molecule has 0 aliphatic carbocycles. The van der Waals surface area contributed by atoms with Gasteiger partial charge in [-0.15, -0.1) is 11.8 Å². The number of para-hydroxylation sites is 2. The van der Waals surface area contributed by atoms with Gasteiger partial charge in [0.25, 0.3) is 0 Å². The van der Waals surface area contributed by atoms with Crippen molar-refractivity contribution < 1.29 is 28.8 Å². The Balaban J connectivity index is 1.06. The van der Waals surface area contributed by atoms with E-state index in [-0.39, 0.29) is 24.8 Å². The molecule has 3 atom stereocenters. The molecule has 0 radical (unpaired) electrons. The van der Waals surface area contributed by atoms with Crippen LogP contribution in [0.2, 0.25) is 0 Å². The lowest BCUT2D eigenvalue weighted by Gasteiger charge is -2.36. The Morgan fingerprint density at radius 2 is 1.46 bits per heavy atom. The van der Waals surface area contributed by atoms with E-state index in [9.17, 15) is 9.90 Å². The molecule has 1 aliphatic heterocycles. The Labute approximate surface area is 285 Å². The van der Waals surface area contributed by atoms with Gasteiger partial charge in [0.1, 0.15) is 17.2 Å². The number of hydrogen-bond donors (Lipinski definition) is 3. The maximum Gasteiger partial charge on any atom is 0.319 e. The number of aliphatic hydroxyl groups is 1. The first-order valence-electron chi connectivity index (χ1n) is 15.8. The maximum atomic E-state index is 12.6. The normalized spacial score (nSPS) is 17.3. The number of nitrogens with one attached hydrogen (secondary N) is 2. The van der Waals surface area contributed by atoms with Gasteiger partial charge in [-0.3, -0.25) is 0 Å². The Morgan fingerprint density at radius 1 is 0.792 bits per heavy atom. The molecule has 0 unspecified atom stereocenters. The first-order chi connectivity index (χ1) is 23.6. The van der Waals surface area contributed by atoms with Crippen LogP contribution in [0, 0.1) is 0 Å². The van der Waals surface area contributed by atoms with Crippen LogP contribution in [0.1, 0.15) is 41.1 Å². The summed E-state index contributed by atoms with van der Waals surface area (Å²) in [6.45, 7) is 0.349. The van der Waals surface area contributed by atoms with Crippen molar-refractivity contribution in [1.29, 1.82) is 0 Å². The molecule has 5 aromatic carbocycles. The number of carbonyl (C=O) groups is 1. The standard InChI is InChI=1S/C39H38N2O6S/c1-44-35-9-5-6-10-37(35)48-26-34-23-36(29-15-13-28(25-42)14-16-29)47-38(46-34)30-17-11-27(12-18-30)24-40-39(43)41-31-19-21-33(22-20-31)45-32-7-3-2-4-8-32/h2-22,34,36,38,42H,23-26H2,1H3,(H2,40,41,43)/t34-,36+,38+/m0/s1. The average molecular weight is 663 g/mol. The van der Waals surface area contributed by atoms with E-state index < -0.39 is 6.29 Å². The largest absolute Gasteiger partial charge is 0.496 e. The molecule has 0 saturated carbocycles. The zero-order valence-electron chi connectivity index (χ0n) is 26.6. The Kier molecular flexibility index (Phi) is 11.3. The molecule has 3 N–H and O–H groups in total. The van der Waals surface area contributed by atoms with E-state index in [1.807, 2.05) is 109 Å². The second kappa shape index (κ2) is 16.3. The van der Waals surface area contributed by atoms with Gasteiger partial charge in [-0.05, 0) is 65.2 Å². The third kappa shape index (κ3) is 8.96. The molecular formula is C39H38N2O6S. The molecule has 0 spiro atoms. The van der Waals surface area contributed by atoms with Gasteiger partial charge in [0, 0.05) is 34.9 Å². The third-order valence-corrected chi connectivity index (χ3v) is 9.09. The van der Waals surface area contributed by atoms with Crippen LogP contribution in [-0.2, 0) is 22.6 Å². The lowest BCUT2D eigenvalue weighted by atomic mass is 10.0. The number of benzene rings is 5. The van der Waals surface area contributed by atoms with Crippen LogP contribution in [0.25, 0.3) is 0 Å². The summed E-state index contributed by atoms with van der Waals surface area (Å²) in [5.41, 5.74) is 4.39. The lowest BCUT2D eigenvalue weighted by Crippen LogP contribution is -2.31. The first kappa shape index (κ1) is 33.1. The summed E-state index contributed by atoms with van der Waals surface area (Å²) in [7, 11) is 1.68. The highest BCUT2D eigenvalue weighted by molar-refractivity contribution is 7.99. The predicted octanol–water partition coefficient (Wildman–Crippen LogP) is 8.64. The predicted molar refractivity (Wildman–Crippen MR) is 187 cm³/mol. The number of hydrogen-bond acceptors (Lipinski definition) is 7. The number of thioether (sulfide) groups is 1. The van der Waals surface area contributed by atoms with Crippen molar-refractivity contribution in [1.82, 2.24) is 5.32 Å². The lowest BCUT2D eigenvalue weighted by molar-refractivity contribution is -0.245. The number of aliphatic hydroxyl groups excluding tert-OH is 1. The average Bonchev–Trinajstić information content (AvgIpc) is 3.14. The van der Waals surface area contributed by atoms with Crippen LogP contribution in [0.15, 0.2) is 132 Å². The van der Waals surface area contributed by atoms with Crippen LogP contribution in [0.3, 0.4) is 0 Å². The molecular weight excluding hydrogens is 625 g/mol. The highest BCUT2D eigenvalue weighted by Gasteiger charge is 2.32. The number of methoxy groups -OCH3 is 1. The van der Waals surface area contributed by atoms with Gasteiger partial charge < -0.3 is 34.7 Å². The van der Waals surface area contributed by atoms with Crippen LogP contribution in [0.5, 0.6) is 17.2 Å². The van der Waals surface area contributed by atoms with Crippen molar-refractivity contribution >= 4 is 23.5 Å². The molecule has 5 aromatic rings. The van der Waals surface area contributed by atoms with Crippen LogP contribution < -0.4 is 20.1 Å². The fourth-order valence-corrected chi connectivity index (χ4v) is 6.37. The van der Waals surface area contributed by atoms with Crippen LogP contribution in [0.4, 0.5) is 10.5 Å². The monoisotopic (exact) mass is 662 g/mol. The van der Waals surface area contributed by atoms with Crippen molar-refractivity contribution in [2.45, 2.75) is 43.0 Å². The minimum Gasteiger partial charge on any atom is -0.496 e. The number of urea groups is 1. The second-order valence-electron chi connectivity index (χ2n) is 11.3. The van der Waals surface area contributed by atoms with Crippen LogP contribution in [-0.4, -0.2) is 30.1 Å². The summed E-state index contributed by atoms with van der Waals surface area (Å²) in [5, 5.41) is 15.3. The van der Waals surface area contributed by atoms with Gasteiger partial charge in [-0.1, -0.05) is 78.9 Å². The number of ether oxygens (including phenoxy) is 4. The smallest absolute Gasteiger partial charge is 0.319 e. The molecule has 1 fully saturated rings. The fraction of sp³-hybridized carbons (Fsp3) is 0.205. The van der Waals surface area contributed by atoms with E-state index in [2.05, 4.69) is 16.7 Å². The molecule has 8 nitrogen and oxygen atoms in total. The number of anilines is 1. The summed E-state index contributed by atoms with van der Waals surface area (Å²) in [6.07, 6.45) is -0.130. The third-order valence-electron chi connectivity index (χ3n) is 7.90. The van der Waals surface area contributed by atoms with Gasteiger partial charge >= 0.3 is 6.03 Å². The molecule has 48 heavy (non-hydrogen) atoms. The molecule has 9 heteroatoms. The highest BCUT2D eigenvalue weighted by atomic mass is 32.2. The van der Waals surface area contributed by atoms with Crippen molar-refractivity contribution in [3.8, 4) is 17.2 Å². The van der Waals surface area contributed by atoms with Gasteiger partial charge in [0.05, 0.1) is 25.9 Å². The first-order valence-corrected chi connectivity index (χ1v) is 16.8. The summed E-state index contributed by atoms with van der Waals surface area (Å²) >= 11 is 1.70. The Morgan fingerprint density at radius 3 is 2.19 bits per heavy atom. The van der Waals surface area contributed by atoms with Crippen molar-refractivity contribution in [2.75, 3.05) is 18.2 Å². The second-order valence-corrected chi connectivity index (χ2v) is 12.4. The molecule has 1 heterocycles. The molecule has 1 aliphatic rings. The zero-order chi connectivity index (χ0) is 33.1. The SMILES string of the molecule is COc1ccccc1SC[C@@H]1C[C@H](c2ccc(CO)cc2)O[C@H](c2ccc(CNC(=O)Nc3ccc(Oc4ccccc4)cc3)cc2)O1. The van der Waals surface area contributed by atoms with Gasteiger partial charge in [0.15, 0.2) is 6.29 Å². The summed E-state index contributed by atoms with van der Waals surface area (Å²) in [5.74, 6) is 3.00. The van der Waals surface area contributed by atoms with E-state index in [4.69, 9.17) is 18.9 Å². The Hall–Kier alpha value is -4.80. The van der Waals surface area contributed by atoms with Gasteiger partial charge in [-0.2, -0.15) is 0 Å². The summed E-state index contributed by atoms with van der Waals surface area (Å²) < 4.78 is 24.4. The number of carbonyl (C=O) groups excluding carboxylic acids is 1. The van der Waals surface area contributed by atoms with Gasteiger partial charge in [0.2, 0.25) is 0 Å². The minimum absolute atomic E-state index is 0.00368. The summed E-state index contributed by atoms with van der Waals surface area (Å²) in [4.78, 5) is 13.7. The molecule has 0 bridgehead atoms. The highest BCUT2D eigenvalue weighted by Crippen LogP contribution is 2.40. The van der Waals surface area contributed by atoms with Crippen molar-refractivity contribution in [2.24, 2.45) is 0 Å². The molecule has 6 rings (SSSR count). The summed E-state index contributed by atoms with van der Waals surface area (Å²) in [6, 6.07) is 40.2.